The summed E-state index contributed by atoms with van der Waals surface area (Å²) in [4.78, 5) is 9.94. The van der Waals surface area contributed by atoms with E-state index in [2.05, 4.69) is 9.97 Å². The molecule has 0 spiro atoms. The van der Waals surface area contributed by atoms with Gasteiger partial charge >= 0.3 is 0 Å². The third kappa shape index (κ3) is 2.77. The van der Waals surface area contributed by atoms with E-state index in [0.717, 1.165) is 0 Å². The third-order valence-corrected chi connectivity index (χ3v) is 3.78. The Balaban J connectivity index is 1.86. The second kappa shape index (κ2) is 5.83. The maximum atomic E-state index is 13.9. The molecule has 2 N–H and O–H groups in total. The Bertz CT molecular complexity index is 655. The standard InChI is InChI=1S/C14H14ClFN4O/c15-12-13(17)18-8-19-14(12)20-5-6-21-11(7-20)9-3-1-2-4-10(9)16/h1-4,8,11H,5-7H2,(H2,17,18,19). The topological polar surface area (TPSA) is 64.3 Å². The molecule has 0 radical (unpaired) electrons. The highest BCUT2D eigenvalue weighted by Gasteiger charge is 2.26. The molecule has 21 heavy (non-hydrogen) atoms. The minimum atomic E-state index is -0.368. The van der Waals surface area contributed by atoms with E-state index in [0.29, 0.717) is 36.1 Å². The largest absolute Gasteiger partial charge is 0.382 e. The van der Waals surface area contributed by atoms with Gasteiger partial charge in [-0.3, -0.25) is 0 Å². The van der Waals surface area contributed by atoms with Crippen molar-refractivity contribution in [2.75, 3.05) is 30.3 Å². The number of nitrogens with two attached hydrogens (primary N) is 1. The van der Waals surface area contributed by atoms with Gasteiger partial charge in [0.1, 0.15) is 29.1 Å². The Labute approximate surface area is 126 Å². The molecule has 1 unspecified atom stereocenters. The number of nitrogen functional groups attached to an aromatic ring is 1. The van der Waals surface area contributed by atoms with Gasteiger partial charge in [-0.05, 0) is 6.07 Å². The minimum Gasteiger partial charge on any atom is -0.382 e. The van der Waals surface area contributed by atoms with Gasteiger partial charge in [-0.25, -0.2) is 14.4 Å². The lowest BCUT2D eigenvalue weighted by atomic mass is 10.1. The van der Waals surface area contributed by atoms with Crippen LogP contribution < -0.4 is 10.6 Å². The molecule has 1 aromatic heterocycles. The highest BCUT2D eigenvalue weighted by atomic mass is 35.5. The maximum absolute atomic E-state index is 13.9. The monoisotopic (exact) mass is 308 g/mol. The van der Waals surface area contributed by atoms with Crippen LogP contribution >= 0.6 is 11.6 Å². The van der Waals surface area contributed by atoms with Gasteiger partial charge in [-0.15, -0.1) is 0 Å². The Kier molecular flexibility index (Phi) is 3.90. The predicted octanol–water partition coefficient (Wildman–Crippen LogP) is 2.43. The zero-order chi connectivity index (χ0) is 14.8. The summed E-state index contributed by atoms with van der Waals surface area (Å²) in [5, 5.41) is 0.312. The third-order valence-electron chi connectivity index (χ3n) is 3.42. The molecule has 3 rings (SSSR count). The summed E-state index contributed by atoms with van der Waals surface area (Å²) in [6, 6.07) is 6.59. The van der Waals surface area contributed by atoms with Gasteiger partial charge in [0, 0.05) is 12.1 Å². The van der Waals surface area contributed by atoms with E-state index < -0.39 is 0 Å². The van der Waals surface area contributed by atoms with Crippen LogP contribution in [0.3, 0.4) is 0 Å². The maximum Gasteiger partial charge on any atom is 0.153 e. The summed E-state index contributed by atoms with van der Waals surface area (Å²) in [6.45, 7) is 1.53. The normalized spacial score (nSPS) is 18.8. The molecule has 2 aromatic rings. The summed E-state index contributed by atoms with van der Waals surface area (Å²) in [5.74, 6) is 0.502. The average Bonchev–Trinajstić information content (AvgIpc) is 2.51. The van der Waals surface area contributed by atoms with Crippen molar-refractivity contribution in [1.82, 2.24) is 9.97 Å². The molecule has 0 amide bonds. The van der Waals surface area contributed by atoms with Crippen LogP contribution in [-0.2, 0) is 4.74 Å². The first-order valence-corrected chi connectivity index (χ1v) is 6.91. The zero-order valence-electron chi connectivity index (χ0n) is 11.2. The molecule has 1 fully saturated rings. The van der Waals surface area contributed by atoms with E-state index in [4.69, 9.17) is 22.1 Å². The fourth-order valence-corrected chi connectivity index (χ4v) is 2.58. The molecule has 1 aromatic carbocycles. The lowest BCUT2D eigenvalue weighted by Crippen LogP contribution is -2.39. The van der Waals surface area contributed by atoms with E-state index in [-0.39, 0.29) is 17.7 Å². The number of hydrogen-bond donors (Lipinski definition) is 1. The number of benzene rings is 1. The van der Waals surface area contributed by atoms with Gasteiger partial charge in [-0.2, -0.15) is 0 Å². The summed E-state index contributed by atoms with van der Waals surface area (Å²) in [5.41, 5.74) is 6.22. The second-order valence-corrected chi connectivity index (χ2v) is 5.10. The molecule has 0 bridgehead atoms. The van der Waals surface area contributed by atoms with Crippen molar-refractivity contribution in [2.24, 2.45) is 0 Å². The lowest BCUT2D eigenvalue weighted by Gasteiger charge is -2.34. The molecule has 1 aliphatic rings. The van der Waals surface area contributed by atoms with Gasteiger partial charge in [0.05, 0.1) is 13.2 Å². The zero-order valence-corrected chi connectivity index (χ0v) is 11.9. The molecule has 7 heteroatoms. The number of aromatic nitrogens is 2. The molecule has 1 saturated heterocycles. The van der Waals surface area contributed by atoms with E-state index in [1.807, 2.05) is 4.90 Å². The Morgan fingerprint density at radius 3 is 2.95 bits per heavy atom. The van der Waals surface area contributed by atoms with Crippen molar-refractivity contribution in [3.63, 3.8) is 0 Å². The van der Waals surface area contributed by atoms with Crippen molar-refractivity contribution in [2.45, 2.75) is 6.10 Å². The van der Waals surface area contributed by atoms with Crippen LogP contribution in [0.2, 0.25) is 5.02 Å². The number of ether oxygens (including phenoxy) is 1. The van der Waals surface area contributed by atoms with E-state index in [1.54, 1.807) is 18.2 Å². The first-order valence-electron chi connectivity index (χ1n) is 6.53. The second-order valence-electron chi connectivity index (χ2n) is 4.72. The van der Waals surface area contributed by atoms with E-state index in [1.165, 1.54) is 12.4 Å². The van der Waals surface area contributed by atoms with Gasteiger partial charge < -0.3 is 15.4 Å². The minimum absolute atomic E-state index is 0.232. The molecular weight excluding hydrogens is 295 g/mol. The SMILES string of the molecule is Nc1ncnc(N2CCOC(c3ccccc3F)C2)c1Cl. The fourth-order valence-electron chi connectivity index (χ4n) is 2.36. The molecule has 0 saturated carbocycles. The van der Waals surface area contributed by atoms with Crippen LogP contribution in [0.1, 0.15) is 11.7 Å². The van der Waals surface area contributed by atoms with Crippen LogP contribution in [0.5, 0.6) is 0 Å². The number of rotatable bonds is 2. The van der Waals surface area contributed by atoms with Crippen LogP contribution in [0, 0.1) is 5.82 Å². The first-order chi connectivity index (χ1) is 10.2. The summed E-state index contributed by atoms with van der Waals surface area (Å²) < 4.78 is 19.5. The molecule has 110 valence electrons. The molecule has 2 heterocycles. The quantitative estimate of drug-likeness (QED) is 0.923. The predicted molar refractivity (Wildman–Crippen MR) is 78.8 cm³/mol. The van der Waals surface area contributed by atoms with E-state index in [9.17, 15) is 4.39 Å². The number of hydrogen-bond acceptors (Lipinski definition) is 5. The molecule has 5 nitrogen and oxygen atoms in total. The number of anilines is 2. The Hall–Kier alpha value is -1.92. The number of morpholine rings is 1. The molecule has 0 aliphatic carbocycles. The first kappa shape index (κ1) is 14.0. The van der Waals surface area contributed by atoms with Gasteiger partial charge in [0.15, 0.2) is 5.82 Å². The number of halogens is 2. The lowest BCUT2D eigenvalue weighted by molar-refractivity contribution is 0.0372. The molecular formula is C14H14ClFN4O. The summed E-state index contributed by atoms with van der Waals surface area (Å²) >= 11 is 6.14. The smallest absolute Gasteiger partial charge is 0.153 e. The Morgan fingerprint density at radius 1 is 1.33 bits per heavy atom. The van der Waals surface area contributed by atoms with Crippen molar-refractivity contribution < 1.29 is 9.13 Å². The van der Waals surface area contributed by atoms with Crippen LogP contribution in [0.25, 0.3) is 0 Å². The highest BCUT2D eigenvalue weighted by molar-refractivity contribution is 6.35. The average molecular weight is 309 g/mol. The van der Waals surface area contributed by atoms with Crippen molar-refractivity contribution in [3.05, 3.63) is 47.0 Å². The summed E-state index contributed by atoms with van der Waals surface area (Å²) in [6.07, 6.45) is 0.997. The number of nitrogens with zero attached hydrogens (tertiary/aromatic N) is 3. The van der Waals surface area contributed by atoms with Crippen LogP contribution in [0.4, 0.5) is 16.0 Å². The molecule has 1 atom stereocenters. The summed E-state index contributed by atoms with van der Waals surface area (Å²) in [7, 11) is 0. The van der Waals surface area contributed by atoms with Gasteiger partial charge in [0.2, 0.25) is 0 Å². The van der Waals surface area contributed by atoms with E-state index >= 15 is 0 Å². The fraction of sp³-hybridized carbons (Fsp3) is 0.286. The molecule has 1 aliphatic heterocycles. The Morgan fingerprint density at radius 2 is 2.14 bits per heavy atom. The van der Waals surface area contributed by atoms with Crippen molar-refractivity contribution >= 4 is 23.2 Å². The van der Waals surface area contributed by atoms with Crippen molar-refractivity contribution in [3.8, 4) is 0 Å². The highest BCUT2D eigenvalue weighted by Crippen LogP contribution is 2.31. The van der Waals surface area contributed by atoms with Crippen molar-refractivity contribution in [1.29, 1.82) is 0 Å². The van der Waals surface area contributed by atoms with Gasteiger partial charge in [0.25, 0.3) is 0 Å². The van der Waals surface area contributed by atoms with Crippen LogP contribution in [0.15, 0.2) is 30.6 Å². The van der Waals surface area contributed by atoms with Crippen LogP contribution in [-0.4, -0.2) is 29.7 Å². The van der Waals surface area contributed by atoms with Gasteiger partial charge in [-0.1, -0.05) is 29.8 Å².